The largest absolute Gasteiger partial charge is 0.506 e. The molecule has 3 aromatic rings. The zero-order valence-electron chi connectivity index (χ0n) is 15.8. The third-order valence-electron chi connectivity index (χ3n) is 4.40. The van der Waals surface area contributed by atoms with Crippen LogP contribution in [0.3, 0.4) is 0 Å². The molecule has 2 aromatic carbocycles. The molecule has 0 saturated heterocycles. The maximum absolute atomic E-state index is 13.3. The van der Waals surface area contributed by atoms with Crippen LogP contribution in [0.4, 0.5) is 5.69 Å². The number of rotatable bonds is 3. The van der Waals surface area contributed by atoms with E-state index in [4.69, 9.17) is 0 Å². The van der Waals surface area contributed by atoms with Crippen LogP contribution < -0.4 is 10.9 Å². The van der Waals surface area contributed by atoms with Crippen molar-refractivity contribution >= 4 is 39.4 Å². The third-order valence-corrected chi connectivity index (χ3v) is 5.78. The lowest BCUT2D eigenvalue weighted by atomic mass is 10.1. The zero-order valence-corrected chi connectivity index (χ0v) is 16.6. The van der Waals surface area contributed by atoms with Crippen LogP contribution in [0.1, 0.15) is 19.4 Å². The van der Waals surface area contributed by atoms with Crippen molar-refractivity contribution in [2.24, 2.45) is 15.4 Å². The first kappa shape index (κ1) is 19.2. The van der Waals surface area contributed by atoms with Gasteiger partial charge in [-0.05, 0) is 30.2 Å². The van der Waals surface area contributed by atoms with Crippen molar-refractivity contribution < 1.29 is 14.2 Å². The van der Waals surface area contributed by atoms with Crippen molar-refractivity contribution in [3.05, 3.63) is 64.4 Å². The molecule has 0 aliphatic carbocycles. The second-order valence-corrected chi connectivity index (χ2v) is 8.61. The topological polar surface area (TPSA) is 119 Å². The minimum absolute atomic E-state index is 0.0990. The van der Waals surface area contributed by atoms with Crippen LogP contribution in [0.5, 0.6) is 5.75 Å². The number of hydrogen-bond acceptors (Lipinski definition) is 7. The van der Waals surface area contributed by atoms with E-state index in [0.717, 1.165) is 0 Å². The third kappa shape index (κ3) is 3.29. The van der Waals surface area contributed by atoms with Crippen molar-refractivity contribution in [2.45, 2.75) is 18.7 Å². The van der Waals surface area contributed by atoms with E-state index in [2.05, 4.69) is 14.8 Å². The van der Waals surface area contributed by atoms with Gasteiger partial charge in [-0.15, -0.1) is 4.40 Å². The van der Waals surface area contributed by atoms with Gasteiger partial charge in [0.15, 0.2) is 5.84 Å². The minimum Gasteiger partial charge on any atom is -0.506 e. The van der Waals surface area contributed by atoms with Gasteiger partial charge < -0.3 is 10.4 Å². The molecular formula is C20H20N4O4S. The minimum atomic E-state index is -3.54. The number of benzene rings is 2. The van der Waals surface area contributed by atoms with Gasteiger partial charge in [0.25, 0.3) is 5.56 Å². The van der Waals surface area contributed by atoms with Gasteiger partial charge in [0.05, 0.1) is 11.2 Å². The lowest BCUT2D eigenvalue weighted by molar-refractivity contribution is 0.478. The number of aromatic nitrogens is 1. The maximum atomic E-state index is 13.3. The summed E-state index contributed by atoms with van der Waals surface area (Å²) >= 11 is 0. The van der Waals surface area contributed by atoms with Crippen LogP contribution in [0.2, 0.25) is 0 Å². The molecule has 0 amide bonds. The summed E-state index contributed by atoms with van der Waals surface area (Å²) < 4.78 is 26.1. The number of nitrogens with one attached hydrogen (secondary N) is 1. The van der Waals surface area contributed by atoms with Crippen LogP contribution in [-0.2, 0) is 0 Å². The summed E-state index contributed by atoms with van der Waals surface area (Å²) in [5, 5.41) is 18.5. The highest BCUT2D eigenvalue weighted by molar-refractivity contribution is 8.23. The summed E-state index contributed by atoms with van der Waals surface area (Å²) in [4.78, 5) is 13.5. The van der Waals surface area contributed by atoms with E-state index in [1.54, 1.807) is 54.7 Å². The standard InChI is InChI=1S/C20H20N4O4S/c1-12(2)11-21-24-15-9-5-3-7-13(15)18(25)17(20(24)26)19-22-14-8-4-6-10-16(14)29(27,28)23-19/h3-12,25,27-28H,1-2H3,(H,22,23). The fourth-order valence-electron chi connectivity index (χ4n) is 3.08. The highest BCUT2D eigenvalue weighted by Crippen LogP contribution is 2.55. The van der Waals surface area contributed by atoms with E-state index in [1.807, 2.05) is 13.8 Å². The first-order valence-electron chi connectivity index (χ1n) is 8.95. The van der Waals surface area contributed by atoms with E-state index in [9.17, 15) is 19.0 Å². The average Bonchev–Trinajstić information content (AvgIpc) is 2.67. The predicted octanol–water partition coefficient (Wildman–Crippen LogP) is 4.09. The average molecular weight is 412 g/mol. The van der Waals surface area contributed by atoms with E-state index < -0.39 is 16.3 Å². The van der Waals surface area contributed by atoms with Crippen molar-refractivity contribution in [2.75, 3.05) is 5.32 Å². The van der Waals surface area contributed by atoms with Gasteiger partial charge in [-0.3, -0.25) is 13.9 Å². The number of pyridine rings is 1. The van der Waals surface area contributed by atoms with E-state index >= 15 is 0 Å². The molecule has 0 bridgehead atoms. The van der Waals surface area contributed by atoms with Crippen LogP contribution in [-0.4, -0.2) is 30.9 Å². The number of fused-ring (bicyclic) bond motifs is 2. The van der Waals surface area contributed by atoms with Gasteiger partial charge >= 0.3 is 0 Å². The molecule has 2 heterocycles. The van der Waals surface area contributed by atoms with Gasteiger partial charge in [-0.1, -0.05) is 48.9 Å². The Balaban J connectivity index is 2.00. The Morgan fingerprint density at radius 2 is 1.83 bits per heavy atom. The molecule has 0 unspecified atom stereocenters. The second-order valence-electron chi connectivity index (χ2n) is 6.95. The summed E-state index contributed by atoms with van der Waals surface area (Å²) in [6.45, 7) is 3.86. The van der Waals surface area contributed by atoms with Crippen LogP contribution in [0, 0.1) is 5.92 Å². The summed E-state index contributed by atoms with van der Waals surface area (Å²) in [7, 11) is -3.54. The fourth-order valence-corrected chi connectivity index (χ4v) is 4.25. The monoisotopic (exact) mass is 412 g/mol. The molecule has 9 heteroatoms. The molecule has 1 aliphatic heterocycles. The molecule has 150 valence electrons. The smallest absolute Gasteiger partial charge is 0.286 e. The Hall–Kier alpha value is -3.14. The molecule has 0 radical (unpaired) electrons. The summed E-state index contributed by atoms with van der Waals surface area (Å²) in [5.74, 6) is -0.324. The normalized spacial score (nSPS) is 16.5. The molecule has 4 rings (SSSR count). The molecule has 1 aliphatic rings. The zero-order chi connectivity index (χ0) is 20.8. The quantitative estimate of drug-likeness (QED) is 0.483. The number of amidine groups is 1. The number of para-hydroxylation sites is 2. The van der Waals surface area contributed by atoms with Crippen LogP contribution >= 0.6 is 10.8 Å². The number of hydrogen-bond donors (Lipinski definition) is 4. The molecule has 0 fully saturated rings. The highest BCUT2D eigenvalue weighted by Gasteiger charge is 2.30. The Morgan fingerprint density at radius 1 is 1.14 bits per heavy atom. The molecule has 0 atom stereocenters. The van der Waals surface area contributed by atoms with E-state index in [1.165, 1.54) is 4.68 Å². The lowest BCUT2D eigenvalue weighted by Gasteiger charge is -2.34. The van der Waals surface area contributed by atoms with E-state index in [0.29, 0.717) is 16.6 Å². The second kappa shape index (κ2) is 7.03. The van der Waals surface area contributed by atoms with Crippen molar-refractivity contribution in [3.8, 4) is 5.75 Å². The van der Waals surface area contributed by atoms with Crippen molar-refractivity contribution in [3.63, 3.8) is 0 Å². The van der Waals surface area contributed by atoms with E-state index in [-0.39, 0.29) is 28.0 Å². The first-order valence-corrected chi connectivity index (χ1v) is 10.5. The van der Waals surface area contributed by atoms with Gasteiger partial charge in [-0.2, -0.15) is 9.78 Å². The Labute approximate surface area is 168 Å². The first-order chi connectivity index (χ1) is 13.8. The Bertz CT molecular complexity index is 1230. The molecule has 4 N–H and O–H groups in total. The SMILES string of the molecule is CC(C)C=Nn1c(=O)c(C2=NS(O)(O)c3ccccc3N2)c(O)c2ccccc21. The van der Waals surface area contributed by atoms with Gasteiger partial charge in [-0.25, -0.2) is 0 Å². The number of nitrogens with zero attached hydrogens (tertiary/aromatic N) is 3. The summed E-state index contributed by atoms with van der Waals surface area (Å²) in [5.41, 5.74) is 0.0266. The maximum Gasteiger partial charge on any atom is 0.286 e. The number of aromatic hydroxyl groups is 1. The van der Waals surface area contributed by atoms with Crippen molar-refractivity contribution in [1.29, 1.82) is 0 Å². The molecular weight excluding hydrogens is 392 g/mol. The summed E-state index contributed by atoms with van der Waals surface area (Å²) in [6, 6.07) is 13.4. The molecule has 1 aromatic heterocycles. The molecule has 8 nitrogen and oxygen atoms in total. The van der Waals surface area contributed by atoms with Crippen LogP contribution in [0.15, 0.2) is 67.7 Å². The molecule has 0 saturated carbocycles. The Kier molecular flexibility index (Phi) is 4.65. The van der Waals surface area contributed by atoms with Crippen molar-refractivity contribution in [1.82, 2.24) is 4.68 Å². The van der Waals surface area contributed by atoms with Gasteiger partial charge in [0.1, 0.15) is 16.2 Å². The lowest BCUT2D eigenvalue weighted by Crippen LogP contribution is -2.31. The Morgan fingerprint density at radius 3 is 2.59 bits per heavy atom. The molecule has 0 spiro atoms. The van der Waals surface area contributed by atoms with Gasteiger partial charge in [0.2, 0.25) is 0 Å². The molecule has 29 heavy (non-hydrogen) atoms. The fraction of sp³-hybridized carbons (Fsp3) is 0.150. The van der Waals surface area contributed by atoms with Gasteiger partial charge in [0, 0.05) is 11.6 Å². The summed E-state index contributed by atoms with van der Waals surface area (Å²) in [6.07, 6.45) is 1.62. The number of anilines is 1. The highest BCUT2D eigenvalue weighted by atomic mass is 32.3. The predicted molar refractivity (Wildman–Crippen MR) is 116 cm³/mol. The van der Waals surface area contributed by atoms with Crippen LogP contribution in [0.25, 0.3) is 10.9 Å².